The Morgan fingerprint density at radius 3 is 2.46 bits per heavy atom. The standard InChI is InChI=1S/C14H22N2O6S2/c17-11(4-2-1-3-9-5-6-23-24-9)16-10(7-12(18)19)14(22)15-8-13(20)21/h9-10H,1-8H2,(H,15,22)(H,16,17)(H,18,19)(H,20,21)/t9-,10-/m0/s1. The van der Waals surface area contributed by atoms with Gasteiger partial charge in [-0.15, -0.1) is 0 Å². The second kappa shape index (κ2) is 11.2. The number of aliphatic carboxylic acids is 2. The Hall–Kier alpha value is -1.42. The number of carboxylic acid groups (broad SMARTS) is 2. The first kappa shape index (κ1) is 20.6. The van der Waals surface area contributed by atoms with Gasteiger partial charge in [0.1, 0.15) is 12.6 Å². The van der Waals surface area contributed by atoms with Crippen molar-refractivity contribution in [3.8, 4) is 0 Å². The fraction of sp³-hybridized carbons (Fsp3) is 0.714. The van der Waals surface area contributed by atoms with Crippen LogP contribution >= 0.6 is 21.6 Å². The molecule has 0 bridgehead atoms. The van der Waals surface area contributed by atoms with Crippen LogP contribution in [0.5, 0.6) is 0 Å². The van der Waals surface area contributed by atoms with Gasteiger partial charge in [-0.05, 0) is 19.3 Å². The zero-order chi connectivity index (χ0) is 17.9. The molecule has 0 aliphatic carbocycles. The van der Waals surface area contributed by atoms with Crippen LogP contribution in [0.4, 0.5) is 0 Å². The lowest BCUT2D eigenvalue weighted by atomic mass is 10.1. The molecular formula is C14H22N2O6S2. The van der Waals surface area contributed by atoms with Crippen molar-refractivity contribution in [3.05, 3.63) is 0 Å². The van der Waals surface area contributed by atoms with Crippen LogP contribution in [0.2, 0.25) is 0 Å². The highest BCUT2D eigenvalue weighted by molar-refractivity contribution is 8.77. The van der Waals surface area contributed by atoms with E-state index < -0.39 is 42.8 Å². The summed E-state index contributed by atoms with van der Waals surface area (Å²) in [6.07, 6.45) is 3.43. The first-order valence-electron chi connectivity index (χ1n) is 7.67. The monoisotopic (exact) mass is 378 g/mol. The predicted molar refractivity (Wildman–Crippen MR) is 91.8 cm³/mol. The van der Waals surface area contributed by atoms with E-state index in [-0.39, 0.29) is 6.42 Å². The van der Waals surface area contributed by atoms with Crippen LogP contribution in [-0.4, -0.2) is 57.6 Å². The Morgan fingerprint density at radius 1 is 1.12 bits per heavy atom. The lowest BCUT2D eigenvalue weighted by Crippen LogP contribution is -2.48. The molecule has 1 saturated heterocycles. The SMILES string of the molecule is O=C(O)CNC(=O)[C@H](CC(=O)O)NC(=O)CCCC[C@H]1CCSS1. The van der Waals surface area contributed by atoms with E-state index in [1.54, 1.807) is 0 Å². The van der Waals surface area contributed by atoms with E-state index >= 15 is 0 Å². The number of unbranched alkanes of at least 4 members (excludes halogenated alkanes) is 1. The topological polar surface area (TPSA) is 133 Å². The van der Waals surface area contributed by atoms with Gasteiger partial charge in [-0.25, -0.2) is 0 Å². The van der Waals surface area contributed by atoms with Crippen LogP contribution in [0.15, 0.2) is 0 Å². The van der Waals surface area contributed by atoms with E-state index in [2.05, 4.69) is 10.6 Å². The number of carbonyl (C=O) groups is 4. The average molecular weight is 378 g/mol. The van der Waals surface area contributed by atoms with Crippen molar-refractivity contribution in [2.45, 2.75) is 49.8 Å². The second-order valence-corrected chi connectivity index (χ2v) is 8.19. The number of nitrogens with one attached hydrogen (secondary N) is 2. The van der Waals surface area contributed by atoms with Crippen molar-refractivity contribution in [1.29, 1.82) is 0 Å². The average Bonchev–Trinajstić information content (AvgIpc) is 3.01. The van der Waals surface area contributed by atoms with Crippen molar-refractivity contribution in [1.82, 2.24) is 10.6 Å². The molecule has 0 spiro atoms. The van der Waals surface area contributed by atoms with Gasteiger partial charge in [0.2, 0.25) is 11.8 Å². The van der Waals surface area contributed by atoms with Crippen molar-refractivity contribution in [3.63, 3.8) is 0 Å². The summed E-state index contributed by atoms with van der Waals surface area (Å²) in [6.45, 7) is -0.623. The molecule has 4 N–H and O–H groups in total. The molecule has 10 heteroatoms. The van der Waals surface area contributed by atoms with Crippen LogP contribution < -0.4 is 10.6 Å². The van der Waals surface area contributed by atoms with Gasteiger partial charge < -0.3 is 20.8 Å². The van der Waals surface area contributed by atoms with E-state index in [0.717, 1.165) is 18.6 Å². The fourth-order valence-electron chi connectivity index (χ4n) is 2.16. The van der Waals surface area contributed by atoms with Crippen molar-refractivity contribution in [2.75, 3.05) is 12.3 Å². The summed E-state index contributed by atoms with van der Waals surface area (Å²) in [5.74, 6) is -2.54. The Balaban J connectivity index is 2.32. The molecule has 2 amide bonds. The second-order valence-electron chi connectivity index (χ2n) is 5.40. The third-order valence-electron chi connectivity index (χ3n) is 3.35. The highest BCUT2D eigenvalue weighted by Gasteiger charge is 2.24. The van der Waals surface area contributed by atoms with Crippen molar-refractivity contribution < 1.29 is 29.4 Å². The molecule has 1 aliphatic heterocycles. The normalized spacial score (nSPS) is 17.9. The summed E-state index contributed by atoms with van der Waals surface area (Å²) in [7, 11) is 3.75. The Morgan fingerprint density at radius 2 is 1.88 bits per heavy atom. The molecule has 24 heavy (non-hydrogen) atoms. The molecule has 1 fully saturated rings. The highest BCUT2D eigenvalue weighted by Crippen LogP contribution is 2.39. The van der Waals surface area contributed by atoms with E-state index in [4.69, 9.17) is 10.2 Å². The number of hydrogen-bond donors (Lipinski definition) is 4. The molecule has 0 unspecified atom stereocenters. The minimum Gasteiger partial charge on any atom is -0.481 e. The van der Waals surface area contributed by atoms with Crippen LogP contribution in [0.3, 0.4) is 0 Å². The van der Waals surface area contributed by atoms with Crippen LogP contribution in [-0.2, 0) is 19.2 Å². The Bertz CT molecular complexity index is 468. The third kappa shape index (κ3) is 9.02. The van der Waals surface area contributed by atoms with E-state index in [1.165, 1.54) is 6.42 Å². The molecule has 0 saturated carbocycles. The molecule has 0 aromatic heterocycles. The number of carbonyl (C=O) groups excluding carboxylic acids is 2. The minimum atomic E-state index is -1.27. The van der Waals surface area contributed by atoms with Gasteiger partial charge in [0.15, 0.2) is 0 Å². The van der Waals surface area contributed by atoms with Crippen LogP contribution in [0.25, 0.3) is 0 Å². The van der Waals surface area contributed by atoms with Gasteiger partial charge >= 0.3 is 11.9 Å². The van der Waals surface area contributed by atoms with Gasteiger partial charge in [0.05, 0.1) is 6.42 Å². The van der Waals surface area contributed by atoms with Crippen molar-refractivity contribution in [2.24, 2.45) is 0 Å². The molecule has 0 radical (unpaired) electrons. The maximum atomic E-state index is 11.9. The number of amides is 2. The van der Waals surface area contributed by atoms with E-state index in [9.17, 15) is 19.2 Å². The predicted octanol–water partition coefficient (Wildman–Crippen LogP) is 0.861. The number of rotatable bonds is 11. The fourth-order valence-corrected chi connectivity index (χ4v) is 5.19. The Kier molecular flexibility index (Phi) is 9.62. The van der Waals surface area contributed by atoms with Gasteiger partial charge in [-0.2, -0.15) is 0 Å². The first-order valence-corrected chi connectivity index (χ1v) is 10.1. The summed E-state index contributed by atoms with van der Waals surface area (Å²) >= 11 is 0. The minimum absolute atomic E-state index is 0.215. The molecule has 0 aromatic rings. The summed E-state index contributed by atoms with van der Waals surface area (Å²) in [4.78, 5) is 44.9. The molecule has 2 atom stereocenters. The molecular weight excluding hydrogens is 356 g/mol. The largest absolute Gasteiger partial charge is 0.481 e. The summed E-state index contributed by atoms with van der Waals surface area (Å²) in [5.41, 5.74) is 0. The Labute approximate surface area is 147 Å². The summed E-state index contributed by atoms with van der Waals surface area (Å²) in [6, 6.07) is -1.27. The third-order valence-corrected chi connectivity index (χ3v) is 6.36. The quantitative estimate of drug-likeness (QED) is 0.307. The lowest BCUT2D eigenvalue weighted by molar-refractivity contribution is -0.141. The van der Waals surface area contributed by atoms with E-state index in [1.807, 2.05) is 21.6 Å². The van der Waals surface area contributed by atoms with Crippen LogP contribution in [0.1, 0.15) is 38.5 Å². The summed E-state index contributed by atoms with van der Waals surface area (Å²) in [5, 5.41) is 22.4. The molecule has 8 nitrogen and oxygen atoms in total. The number of carboxylic acids is 2. The van der Waals surface area contributed by atoms with Crippen molar-refractivity contribution >= 4 is 45.3 Å². The maximum Gasteiger partial charge on any atom is 0.322 e. The maximum absolute atomic E-state index is 11.9. The van der Waals surface area contributed by atoms with Gasteiger partial charge in [0, 0.05) is 17.4 Å². The molecule has 1 aliphatic rings. The molecule has 1 rings (SSSR count). The van der Waals surface area contributed by atoms with Crippen LogP contribution in [0, 0.1) is 0 Å². The van der Waals surface area contributed by atoms with Gasteiger partial charge in [-0.3, -0.25) is 19.2 Å². The lowest BCUT2D eigenvalue weighted by Gasteiger charge is -2.16. The highest BCUT2D eigenvalue weighted by atomic mass is 33.1. The zero-order valence-corrected chi connectivity index (χ0v) is 14.8. The molecule has 136 valence electrons. The molecule has 0 aromatic carbocycles. The first-order chi connectivity index (χ1) is 11.4. The van der Waals surface area contributed by atoms with Gasteiger partial charge in [-0.1, -0.05) is 28.0 Å². The van der Waals surface area contributed by atoms with Gasteiger partial charge in [0.25, 0.3) is 0 Å². The smallest absolute Gasteiger partial charge is 0.322 e. The zero-order valence-electron chi connectivity index (χ0n) is 13.2. The summed E-state index contributed by atoms with van der Waals surface area (Å²) < 4.78 is 0. The van der Waals surface area contributed by atoms with E-state index in [0.29, 0.717) is 11.7 Å². The number of hydrogen-bond acceptors (Lipinski definition) is 6. The molecule has 1 heterocycles.